The largest absolute Gasteiger partial charge is 0.398 e. The number of hydrogen-bond donors (Lipinski definition) is 2. The van der Waals surface area contributed by atoms with E-state index in [2.05, 4.69) is 45.9 Å². The molecule has 4 unspecified atom stereocenters. The summed E-state index contributed by atoms with van der Waals surface area (Å²) in [5.41, 5.74) is 14.2. The number of aliphatic hydroxyl groups excluding tert-OH is 1. The zero-order valence-corrected chi connectivity index (χ0v) is 26.2. The summed E-state index contributed by atoms with van der Waals surface area (Å²) >= 11 is 0. The highest BCUT2D eigenvalue weighted by Crippen LogP contribution is 2.24. The van der Waals surface area contributed by atoms with Gasteiger partial charge in [0.15, 0.2) is 0 Å². The summed E-state index contributed by atoms with van der Waals surface area (Å²) in [4.78, 5) is 0. The molecule has 1 rings (SSSR count). The molecule has 0 saturated carbocycles. The zero-order chi connectivity index (χ0) is 29.3. The van der Waals surface area contributed by atoms with E-state index in [4.69, 9.17) is 19.9 Å². The summed E-state index contributed by atoms with van der Waals surface area (Å²) in [5, 5.41) is 10.9. The molecule has 218 valence electrons. The molecular formula is C33H57NO4. The number of aryl methyl sites for hydroxylation is 2. The van der Waals surface area contributed by atoms with Crippen molar-refractivity contribution in [1.82, 2.24) is 0 Å². The monoisotopic (exact) mass is 531 g/mol. The van der Waals surface area contributed by atoms with Crippen molar-refractivity contribution in [3.63, 3.8) is 0 Å². The van der Waals surface area contributed by atoms with Gasteiger partial charge in [0.25, 0.3) is 0 Å². The van der Waals surface area contributed by atoms with Crippen LogP contribution in [0.1, 0.15) is 90.8 Å². The molecule has 1 aromatic rings. The van der Waals surface area contributed by atoms with Crippen LogP contribution in [0.4, 0.5) is 5.69 Å². The lowest BCUT2D eigenvalue weighted by molar-refractivity contribution is -0.0387. The third-order valence-electron chi connectivity index (χ3n) is 7.01. The molecule has 0 spiro atoms. The molecule has 0 aliphatic heterocycles. The molecule has 0 aliphatic rings. The first-order valence-corrected chi connectivity index (χ1v) is 14.3. The molecule has 0 aliphatic carbocycles. The van der Waals surface area contributed by atoms with Crippen molar-refractivity contribution < 1.29 is 19.3 Å². The SMILES string of the molecule is CC.CC/C(C)=C/C(C)=C\C(OC)C(O)/C(C)=C/CC(OC)C(CCCc1cc(C)cc(N)c1CC)OC. The maximum Gasteiger partial charge on any atom is 0.105 e. The highest BCUT2D eigenvalue weighted by Gasteiger charge is 2.22. The van der Waals surface area contributed by atoms with Gasteiger partial charge in [-0.2, -0.15) is 0 Å². The fraction of sp³-hybridized carbons (Fsp3) is 0.636. The van der Waals surface area contributed by atoms with Crippen LogP contribution in [0.25, 0.3) is 0 Å². The Morgan fingerprint density at radius 2 is 1.63 bits per heavy atom. The quantitative estimate of drug-likeness (QED) is 0.131. The number of aliphatic hydroxyl groups is 1. The van der Waals surface area contributed by atoms with Crippen molar-refractivity contribution in [2.24, 2.45) is 0 Å². The van der Waals surface area contributed by atoms with E-state index in [0.717, 1.165) is 48.9 Å². The second-order valence-electron chi connectivity index (χ2n) is 9.87. The summed E-state index contributed by atoms with van der Waals surface area (Å²) in [6.07, 6.45) is 10.3. The molecule has 38 heavy (non-hydrogen) atoms. The molecule has 0 aromatic heterocycles. The lowest BCUT2D eigenvalue weighted by atomic mass is 9.94. The van der Waals surface area contributed by atoms with E-state index in [1.807, 2.05) is 39.8 Å². The van der Waals surface area contributed by atoms with Crippen molar-refractivity contribution in [2.45, 2.75) is 118 Å². The first-order valence-electron chi connectivity index (χ1n) is 14.3. The van der Waals surface area contributed by atoms with Gasteiger partial charge in [-0.15, -0.1) is 0 Å². The number of benzene rings is 1. The van der Waals surface area contributed by atoms with Crippen LogP contribution in [0, 0.1) is 6.92 Å². The average Bonchev–Trinajstić information content (AvgIpc) is 2.91. The van der Waals surface area contributed by atoms with Crippen LogP contribution in [0.15, 0.2) is 47.1 Å². The Hall–Kier alpha value is -1.92. The van der Waals surface area contributed by atoms with E-state index in [9.17, 15) is 5.11 Å². The Labute approximate surface area is 234 Å². The molecule has 0 heterocycles. The summed E-state index contributed by atoms with van der Waals surface area (Å²) in [5.74, 6) is 0. The van der Waals surface area contributed by atoms with E-state index >= 15 is 0 Å². The predicted molar refractivity (Wildman–Crippen MR) is 164 cm³/mol. The van der Waals surface area contributed by atoms with Gasteiger partial charge in [-0.3, -0.25) is 0 Å². The Bertz CT molecular complexity index is 887. The number of nitrogens with two attached hydrogens (primary N) is 1. The zero-order valence-electron chi connectivity index (χ0n) is 26.2. The smallest absolute Gasteiger partial charge is 0.105 e. The second kappa shape index (κ2) is 20.0. The molecule has 1 aromatic carbocycles. The third kappa shape index (κ3) is 12.3. The molecule has 0 bridgehead atoms. The summed E-state index contributed by atoms with van der Waals surface area (Å²) in [6, 6.07) is 4.30. The van der Waals surface area contributed by atoms with Crippen LogP contribution in [-0.2, 0) is 27.1 Å². The topological polar surface area (TPSA) is 73.9 Å². The van der Waals surface area contributed by atoms with Gasteiger partial charge >= 0.3 is 0 Å². The minimum absolute atomic E-state index is 0.0362. The van der Waals surface area contributed by atoms with Crippen LogP contribution >= 0.6 is 0 Å². The molecule has 5 heteroatoms. The normalized spacial score (nSPS) is 15.9. The first-order chi connectivity index (χ1) is 18.1. The first kappa shape index (κ1) is 36.1. The Morgan fingerprint density at radius 3 is 2.16 bits per heavy atom. The van der Waals surface area contributed by atoms with Crippen LogP contribution in [0.3, 0.4) is 0 Å². The number of anilines is 1. The van der Waals surface area contributed by atoms with Crippen molar-refractivity contribution in [3.8, 4) is 0 Å². The molecule has 0 amide bonds. The average molecular weight is 532 g/mol. The van der Waals surface area contributed by atoms with Crippen molar-refractivity contribution in [2.75, 3.05) is 27.1 Å². The lowest BCUT2D eigenvalue weighted by Gasteiger charge is -2.25. The van der Waals surface area contributed by atoms with Gasteiger partial charge in [0.1, 0.15) is 12.2 Å². The molecule has 3 N–H and O–H groups in total. The molecule has 0 fully saturated rings. The summed E-state index contributed by atoms with van der Waals surface area (Å²) in [7, 11) is 5.09. The summed E-state index contributed by atoms with van der Waals surface area (Å²) < 4.78 is 17.2. The molecule has 0 saturated heterocycles. The lowest BCUT2D eigenvalue weighted by Crippen LogP contribution is -2.31. The van der Waals surface area contributed by atoms with E-state index in [-0.39, 0.29) is 12.2 Å². The van der Waals surface area contributed by atoms with Crippen LogP contribution in [0.2, 0.25) is 0 Å². The molecule has 0 radical (unpaired) electrons. The maximum absolute atomic E-state index is 10.9. The van der Waals surface area contributed by atoms with Gasteiger partial charge in [0.2, 0.25) is 0 Å². The number of ether oxygens (including phenoxy) is 3. The van der Waals surface area contributed by atoms with Gasteiger partial charge in [-0.1, -0.05) is 63.1 Å². The van der Waals surface area contributed by atoms with Crippen molar-refractivity contribution >= 4 is 5.69 Å². The number of hydrogen-bond acceptors (Lipinski definition) is 5. The second-order valence-corrected chi connectivity index (χ2v) is 9.87. The number of methoxy groups -OCH3 is 3. The maximum atomic E-state index is 10.9. The minimum atomic E-state index is -0.724. The molecule has 5 nitrogen and oxygen atoms in total. The van der Waals surface area contributed by atoms with Crippen molar-refractivity contribution in [1.29, 1.82) is 0 Å². The van der Waals surface area contributed by atoms with Gasteiger partial charge in [0, 0.05) is 27.0 Å². The number of rotatable bonds is 16. The predicted octanol–water partition coefficient (Wildman–Crippen LogP) is 7.53. The van der Waals surface area contributed by atoms with Crippen LogP contribution in [0.5, 0.6) is 0 Å². The highest BCUT2D eigenvalue weighted by atomic mass is 16.5. The minimum Gasteiger partial charge on any atom is -0.398 e. The Balaban J connectivity index is 0.00000667. The van der Waals surface area contributed by atoms with Crippen molar-refractivity contribution in [3.05, 3.63) is 63.8 Å². The molecular weight excluding hydrogens is 474 g/mol. The Morgan fingerprint density at radius 1 is 1.00 bits per heavy atom. The summed E-state index contributed by atoms with van der Waals surface area (Å²) in [6.45, 7) is 16.5. The van der Waals surface area contributed by atoms with E-state index in [1.165, 1.54) is 22.3 Å². The standard InChI is InChI=1S/C31H51NO4.C2H6/c1-10-21(3)17-22(4)20-30(36-9)31(33)24(6)15-16-29(35-8)28(34-7)14-12-13-25-18-23(5)19-27(32)26(25)11-2;1-2/h15,17-20,28-31,33H,10-14,16,32H2,1-9H3;1-2H3/b21-17+,22-20-,24-15+;. The number of allylic oxidation sites excluding steroid dienone is 3. The van der Waals surface area contributed by atoms with E-state index < -0.39 is 12.2 Å². The number of nitrogen functional groups attached to an aromatic ring is 1. The van der Waals surface area contributed by atoms with Gasteiger partial charge < -0.3 is 25.1 Å². The fourth-order valence-corrected chi connectivity index (χ4v) is 4.69. The van der Waals surface area contributed by atoms with E-state index in [1.54, 1.807) is 21.3 Å². The van der Waals surface area contributed by atoms with Crippen LogP contribution in [-0.4, -0.2) is 50.9 Å². The van der Waals surface area contributed by atoms with E-state index in [0.29, 0.717) is 6.42 Å². The van der Waals surface area contributed by atoms with Gasteiger partial charge in [-0.25, -0.2) is 0 Å². The van der Waals surface area contributed by atoms with Gasteiger partial charge in [-0.05, 0) is 94.5 Å². The third-order valence-corrected chi connectivity index (χ3v) is 7.01. The Kier molecular flexibility index (Phi) is 19.0. The highest BCUT2D eigenvalue weighted by molar-refractivity contribution is 5.53. The molecule has 4 atom stereocenters. The van der Waals surface area contributed by atoms with Crippen LogP contribution < -0.4 is 5.73 Å². The van der Waals surface area contributed by atoms with Gasteiger partial charge in [0.05, 0.1) is 12.2 Å². The fourth-order valence-electron chi connectivity index (χ4n) is 4.69.